The summed E-state index contributed by atoms with van der Waals surface area (Å²) in [7, 11) is 0. The molecule has 1 aromatic heterocycles. The van der Waals surface area contributed by atoms with E-state index < -0.39 is 0 Å². The highest BCUT2D eigenvalue weighted by atomic mass is 16.8. The molecule has 1 aromatic rings. The van der Waals surface area contributed by atoms with Crippen molar-refractivity contribution in [3.05, 3.63) is 5.21 Å². The Bertz CT molecular complexity index is 210. The molecule has 0 aromatic carbocycles. The fourth-order valence-electron chi connectivity index (χ4n) is 0.393. The van der Waals surface area contributed by atoms with Gasteiger partial charge in [0.1, 0.15) is 0 Å². The zero-order chi connectivity index (χ0) is 6.85. The van der Waals surface area contributed by atoms with Gasteiger partial charge in [-0.1, -0.05) is 4.90 Å². The predicted octanol–water partition coefficient (Wildman–Crippen LogP) is -0.778. The van der Waals surface area contributed by atoms with Crippen LogP contribution in [0.2, 0.25) is 0 Å². The Morgan fingerprint density at radius 1 is 1.89 bits per heavy atom. The summed E-state index contributed by atoms with van der Waals surface area (Å²) >= 11 is 0. The van der Waals surface area contributed by atoms with Crippen LogP contribution >= 0.6 is 0 Å². The molecule has 0 aliphatic carbocycles. The molecule has 0 saturated heterocycles. The highest BCUT2D eigenvalue weighted by Gasteiger charge is 2.11. The predicted molar refractivity (Wildman–Crippen MR) is 29.1 cm³/mol. The van der Waals surface area contributed by atoms with Crippen LogP contribution in [0.15, 0.2) is 9.62 Å². The zero-order valence-electron chi connectivity index (χ0n) is 4.44. The van der Waals surface area contributed by atoms with E-state index in [1.54, 1.807) is 0 Å². The van der Waals surface area contributed by atoms with Crippen molar-refractivity contribution in [2.24, 2.45) is 4.99 Å². The Morgan fingerprint density at radius 3 is 2.78 bits per heavy atom. The van der Waals surface area contributed by atoms with E-state index in [-0.39, 0.29) is 16.5 Å². The first kappa shape index (κ1) is 5.54. The normalized spacial score (nSPS) is 9.33. The number of nitrogens with two attached hydrogens (primary N) is 1. The Balaban J connectivity index is 3.22. The van der Waals surface area contributed by atoms with E-state index in [9.17, 15) is 5.21 Å². The van der Waals surface area contributed by atoms with Gasteiger partial charge in [0, 0.05) is 0 Å². The van der Waals surface area contributed by atoms with E-state index in [0.717, 1.165) is 0 Å². The van der Waals surface area contributed by atoms with Gasteiger partial charge in [-0.05, 0) is 5.16 Å². The minimum absolute atomic E-state index is 0.0556. The summed E-state index contributed by atoms with van der Waals surface area (Å²) in [6.45, 7) is 3.07. The second-order valence-electron chi connectivity index (χ2n) is 1.30. The summed E-state index contributed by atoms with van der Waals surface area (Å²) in [5, 5.41) is 13.5. The number of hydrogen-bond acceptors (Lipinski definition) is 5. The van der Waals surface area contributed by atoms with Gasteiger partial charge >= 0.3 is 5.82 Å². The van der Waals surface area contributed by atoms with E-state index in [0.29, 0.717) is 0 Å². The van der Waals surface area contributed by atoms with Crippen LogP contribution < -0.4 is 10.6 Å². The molecule has 0 amide bonds. The lowest BCUT2D eigenvalue weighted by molar-refractivity contribution is -0.791. The lowest BCUT2D eigenvalue weighted by Crippen LogP contribution is -2.22. The van der Waals surface area contributed by atoms with Crippen molar-refractivity contribution < 1.29 is 9.53 Å². The molecule has 0 radical (unpaired) electrons. The van der Waals surface area contributed by atoms with E-state index in [4.69, 9.17) is 5.73 Å². The number of aliphatic imine (C=N–C) groups is 1. The van der Waals surface area contributed by atoms with Crippen LogP contribution in [0.4, 0.5) is 11.6 Å². The molecule has 0 saturated carbocycles. The van der Waals surface area contributed by atoms with Crippen LogP contribution in [0.1, 0.15) is 0 Å². The lowest BCUT2D eigenvalue weighted by atomic mass is 10.7. The third-order valence-electron chi connectivity index (χ3n) is 0.765. The Hall–Kier alpha value is -1.59. The molecule has 0 unspecified atom stereocenters. The van der Waals surface area contributed by atoms with Crippen molar-refractivity contribution in [2.45, 2.75) is 0 Å². The standard InChI is InChI=1S/C3H4N4O2/c1-5-3-2(4)6-9-7(3)8/h1H2,(H2,4,6). The van der Waals surface area contributed by atoms with Crippen molar-refractivity contribution in [3.63, 3.8) is 0 Å². The number of nitrogen functional groups attached to an aromatic ring is 1. The van der Waals surface area contributed by atoms with Gasteiger partial charge in [0.05, 0.1) is 6.72 Å². The van der Waals surface area contributed by atoms with Gasteiger partial charge in [-0.25, -0.2) is 0 Å². The lowest BCUT2D eigenvalue weighted by Gasteiger charge is -1.83. The molecule has 0 spiro atoms. The average molecular weight is 128 g/mol. The van der Waals surface area contributed by atoms with E-state index in [1.807, 2.05) is 0 Å². The van der Waals surface area contributed by atoms with Crippen LogP contribution in [0.5, 0.6) is 0 Å². The molecule has 6 nitrogen and oxygen atoms in total. The second-order valence-corrected chi connectivity index (χ2v) is 1.30. The van der Waals surface area contributed by atoms with Crippen LogP contribution in [-0.2, 0) is 0 Å². The summed E-state index contributed by atoms with van der Waals surface area (Å²) in [6.07, 6.45) is 0. The third kappa shape index (κ3) is 0.693. The van der Waals surface area contributed by atoms with Crippen molar-refractivity contribution in [1.82, 2.24) is 5.16 Å². The SMILES string of the molecule is C=Nc1c(N)no[n+]1[O-]. The molecule has 0 fully saturated rings. The molecule has 2 N–H and O–H groups in total. The largest absolute Gasteiger partial charge is 0.391 e. The number of rotatable bonds is 1. The van der Waals surface area contributed by atoms with E-state index in [2.05, 4.69) is 21.5 Å². The van der Waals surface area contributed by atoms with Gasteiger partial charge in [-0.2, -0.15) is 0 Å². The summed E-state index contributed by atoms with van der Waals surface area (Å²) in [5.74, 6) is -0.157. The average Bonchev–Trinajstić information content (AvgIpc) is 2.12. The topological polar surface area (TPSA) is 91.3 Å². The Labute approximate surface area is 50.1 Å². The van der Waals surface area contributed by atoms with Crippen molar-refractivity contribution in [1.29, 1.82) is 0 Å². The molecular formula is C3H4N4O2. The first-order valence-corrected chi connectivity index (χ1v) is 2.07. The molecule has 0 aliphatic rings. The smallest absolute Gasteiger partial charge is 0.358 e. The maximum Gasteiger partial charge on any atom is 0.358 e. The monoisotopic (exact) mass is 128 g/mol. The first-order chi connectivity index (χ1) is 4.25. The van der Waals surface area contributed by atoms with Crippen molar-refractivity contribution >= 4 is 18.4 Å². The highest BCUT2D eigenvalue weighted by molar-refractivity contribution is 5.50. The van der Waals surface area contributed by atoms with Crippen LogP contribution in [0.25, 0.3) is 0 Å². The van der Waals surface area contributed by atoms with Crippen molar-refractivity contribution in [3.8, 4) is 0 Å². The van der Waals surface area contributed by atoms with Crippen molar-refractivity contribution in [2.75, 3.05) is 5.73 Å². The number of nitrogens with zero attached hydrogens (tertiary/aromatic N) is 3. The number of anilines is 1. The summed E-state index contributed by atoms with van der Waals surface area (Å²) in [5.41, 5.74) is 5.09. The highest BCUT2D eigenvalue weighted by Crippen LogP contribution is 2.10. The maximum atomic E-state index is 10.3. The van der Waals surface area contributed by atoms with E-state index in [1.165, 1.54) is 0 Å². The fraction of sp³-hybridized carbons (Fsp3) is 0. The molecule has 0 atom stereocenters. The van der Waals surface area contributed by atoms with Gasteiger partial charge in [-0.3, -0.25) is 0 Å². The molecule has 0 aliphatic heterocycles. The van der Waals surface area contributed by atoms with Gasteiger partial charge in [0.25, 0.3) is 5.82 Å². The molecule has 0 bridgehead atoms. The van der Waals surface area contributed by atoms with Crippen LogP contribution in [-0.4, -0.2) is 11.9 Å². The quantitative estimate of drug-likeness (QED) is 0.396. The zero-order valence-corrected chi connectivity index (χ0v) is 4.44. The molecule has 9 heavy (non-hydrogen) atoms. The second kappa shape index (κ2) is 1.73. The van der Waals surface area contributed by atoms with Gasteiger partial charge in [-0.15, -0.1) is 4.99 Å². The van der Waals surface area contributed by atoms with E-state index >= 15 is 0 Å². The minimum Gasteiger partial charge on any atom is -0.391 e. The summed E-state index contributed by atoms with van der Waals surface area (Å²) in [4.78, 5) is 3.33. The molecular weight excluding hydrogens is 124 g/mol. The Kier molecular flexibility index (Phi) is 1.07. The van der Waals surface area contributed by atoms with Crippen LogP contribution in [0, 0.1) is 5.21 Å². The number of aromatic nitrogens is 2. The molecule has 1 heterocycles. The maximum absolute atomic E-state index is 10.3. The summed E-state index contributed by atoms with van der Waals surface area (Å²) in [6, 6.07) is 0. The van der Waals surface area contributed by atoms with Gasteiger partial charge in [0.15, 0.2) is 0 Å². The fourth-order valence-corrected chi connectivity index (χ4v) is 0.393. The minimum atomic E-state index is -0.102. The molecule has 48 valence electrons. The molecule has 1 rings (SSSR count). The summed E-state index contributed by atoms with van der Waals surface area (Å²) < 4.78 is 4.04. The first-order valence-electron chi connectivity index (χ1n) is 2.07. The third-order valence-corrected chi connectivity index (χ3v) is 0.765. The van der Waals surface area contributed by atoms with Crippen LogP contribution in [0.3, 0.4) is 0 Å². The number of hydrogen-bond donors (Lipinski definition) is 1. The Morgan fingerprint density at radius 2 is 2.56 bits per heavy atom. The van der Waals surface area contributed by atoms with Gasteiger partial charge in [0.2, 0.25) is 0 Å². The van der Waals surface area contributed by atoms with Gasteiger partial charge < -0.3 is 15.6 Å². The molecule has 6 heteroatoms.